The number of thiophene rings is 1. The topological polar surface area (TPSA) is 58.2 Å². The number of urea groups is 1. The van der Waals surface area contributed by atoms with Gasteiger partial charge in [-0.05, 0) is 35.0 Å². The molecule has 16 heavy (non-hydrogen) atoms. The summed E-state index contributed by atoms with van der Waals surface area (Å²) in [5.41, 5.74) is 0. The first-order chi connectivity index (χ1) is 7.49. The largest absolute Gasteiger partial charge is 0.333 e. The fourth-order valence-electron chi connectivity index (χ4n) is 0.870. The van der Waals surface area contributed by atoms with E-state index in [2.05, 4.69) is 26.6 Å². The minimum Gasteiger partial charge on any atom is -0.333 e. The maximum Gasteiger partial charge on any atom is 0.321 e. The van der Waals surface area contributed by atoms with Crippen LogP contribution in [0.5, 0.6) is 0 Å². The molecule has 0 spiro atoms. The van der Waals surface area contributed by atoms with Crippen LogP contribution in [0.3, 0.4) is 0 Å². The smallest absolute Gasteiger partial charge is 0.321 e. The summed E-state index contributed by atoms with van der Waals surface area (Å²) in [6, 6.07) is 3.24. The monoisotopic (exact) mass is 324 g/mol. The minimum absolute atomic E-state index is 0.381. The van der Waals surface area contributed by atoms with Gasteiger partial charge in [0.05, 0.1) is 10.3 Å². The Morgan fingerprint density at radius 1 is 1.56 bits per heavy atom. The summed E-state index contributed by atoms with van der Waals surface area (Å²) in [6.45, 7) is 1.88. The molecule has 0 aromatic carbocycles. The van der Waals surface area contributed by atoms with Gasteiger partial charge in [0, 0.05) is 4.88 Å². The van der Waals surface area contributed by atoms with Crippen LogP contribution in [0.2, 0.25) is 0 Å². The average Bonchev–Trinajstić information content (AvgIpc) is 2.61. The summed E-state index contributed by atoms with van der Waals surface area (Å²) in [7, 11) is 0. The molecule has 1 aromatic heterocycles. The molecule has 0 bridgehead atoms. The highest BCUT2D eigenvalue weighted by Gasteiger charge is 2.12. The lowest BCUT2D eigenvalue weighted by molar-refractivity contribution is -0.119. The van der Waals surface area contributed by atoms with E-state index < -0.39 is 17.3 Å². The van der Waals surface area contributed by atoms with E-state index in [1.807, 2.05) is 12.1 Å². The Morgan fingerprint density at radius 3 is 2.75 bits per heavy atom. The second kappa shape index (κ2) is 6.22. The molecule has 0 saturated carbocycles. The minimum atomic E-state index is -0.721. The Bertz CT molecular complexity index is 395. The normalized spacial score (nSPS) is 11.9. The van der Waals surface area contributed by atoms with Crippen molar-refractivity contribution in [2.45, 2.75) is 18.8 Å². The van der Waals surface area contributed by atoms with Crippen LogP contribution in [0.4, 0.5) is 4.79 Å². The zero-order valence-electron chi connectivity index (χ0n) is 8.42. The van der Waals surface area contributed by atoms with Crippen LogP contribution in [0, 0.1) is 0 Å². The molecular weight excluding hydrogens is 316 g/mol. The second-order valence-corrected chi connectivity index (χ2v) is 6.20. The average molecular weight is 326 g/mol. The van der Waals surface area contributed by atoms with Gasteiger partial charge in [-0.25, -0.2) is 4.79 Å². The van der Waals surface area contributed by atoms with Gasteiger partial charge in [-0.15, -0.1) is 22.9 Å². The summed E-state index contributed by atoms with van der Waals surface area (Å²) in [6.07, 6.45) is 0. The first kappa shape index (κ1) is 13.5. The predicted molar refractivity (Wildman–Crippen MR) is 67.7 cm³/mol. The van der Waals surface area contributed by atoms with Gasteiger partial charge in [-0.2, -0.15) is 0 Å². The van der Waals surface area contributed by atoms with Gasteiger partial charge in [0.2, 0.25) is 5.91 Å². The Hall–Kier alpha value is -0.590. The molecule has 1 unspecified atom stereocenters. The summed E-state index contributed by atoms with van der Waals surface area (Å²) >= 11 is 10.3. The van der Waals surface area contributed by atoms with Crippen LogP contribution in [0.25, 0.3) is 0 Å². The first-order valence-corrected chi connectivity index (χ1v) is 6.50. The lowest BCUT2D eigenvalue weighted by atomic mass is 10.4. The first-order valence-electron chi connectivity index (χ1n) is 4.46. The Labute approximate surface area is 110 Å². The van der Waals surface area contributed by atoms with Gasteiger partial charge in [-0.3, -0.25) is 10.1 Å². The number of amides is 3. The predicted octanol–water partition coefficient (Wildman–Crippen LogP) is 2.46. The highest BCUT2D eigenvalue weighted by molar-refractivity contribution is 9.11. The SMILES string of the molecule is CC(Cl)C(=O)NC(=O)NCc1ccc(Br)s1. The number of nitrogens with one attached hydrogen (secondary N) is 2. The molecule has 1 rings (SSSR count). The zero-order chi connectivity index (χ0) is 12.1. The molecule has 4 nitrogen and oxygen atoms in total. The maximum atomic E-state index is 11.2. The van der Waals surface area contributed by atoms with Gasteiger partial charge >= 0.3 is 6.03 Å². The standard InChI is InChI=1S/C9H10BrClN2O2S/c1-5(11)8(14)13-9(15)12-4-6-2-3-7(10)16-6/h2-3,5H,4H2,1H3,(H2,12,13,14,15). The molecule has 0 saturated heterocycles. The number of hydrogen-bond donors (Lipinski definition) is 2. The van der Waals surface area contributed by atoms with Crippen molar-refractivity contribution < 1.29 is 9.59 Å². The number of halogens is 2. The third-order valence-electron chi connectivity index (χ3n) is 1.65. The van der Waals surface area contributed by atoms with Crippen LogP contribution in [0.15, 0.2) is 15.9 Å². The summed E-state index contributed by atoms with van der Waals surface area (Å²) in [5, 5.41) is 3.97. The molecule has 0 aliphatic heterocycles. The third kappa shape index (κ3) is 4.51. The van der Waals surface area contributed by atoms with Crippen LogP contribution < -0.4 is 10.6 Å². The van der Waals surface area contributed by atoms with E-state index in [0.29, 0.717) is 6.54 Å². The zero-order valence-corrected chi connectivity index (χ0v) is 11.6. The molecule has 0 fully saturated rings. The highest BCUT2D eigenvalue weighted by atomic mass is 79.9. The van der Waals surface area contributed by atoms with E-state index in [1.54, 1.807) is 0 Å². The Kier molecular flexibility index (Phi) is 5.24. The molecule has 0 radical (unpaired) electrons. The van der Waals surface area contributed by atoms with Crippen molar-refractivity contribution in [1.82, 2.24) is 10.6 Å². The van der Waals surface area contributed by atoms with Gasteiger partial charge in [0.15, 0.2) is 0 Å². The van der Waals surface area contributed by atoms with E-state index in [1.165, 1.54) is 18.3 Å². The molecule has 2 N–H and O–H groups in total. The van der Waals surface area contributed by atoms with Crippen molar-refractivity contribution >= 4 is 50.8 Å². The Balaban J connectivity index is 2.33. The quantitative estimate of drug-likeness (QED) is 0.839. The number of hydrogen-bond acceptors (Lipinski definition) is 3. The molecule has 1 aromatic rings. The number of rotatable bonds is 3. The van der Waals surface area contributed by atoms with Crippen LogP contribution in [0.1, 0.15) is 11.8 Å². The highest BCUT2D eigenvalue weighted by Crippen LogP contribution is 2.21. The maximum absolute atomic E-state index is 11.2. The van der Waals surface area contributed by atoms with Crippen LogP contribution >= 0.6 is 38.9 Å². The molecule has 0 aliphatic carbocycles. The van der Waals surface area contributed by atoms with Crippen molar-refractivity contribution in [3.8, 4) is 0 Å². The van der Waals surface area contributed by atoms with E-state index in [-0.39, 0.29) is 0 Å². The van der Waals surface area contributed by atoms with Crippen molar-refractivity contribution in [3.05, 3.63) is 20.8 Å². The summed E-state index contributed by atoms with van der Waals surface area (Å²) in [4.78, 5) is 23.3. The molecule has 88 valence electrons. The van der Waals surface area contributed by atoms with Gasteiger partial charge in [-0.1, -0.05) is 0 Å². The van der Waals surface area contributed by atoms with Crippen molar-refractivity contribution in [3.63, 3.8) is 0 Å². The number of carbonyl (C=O) groups is 2. The van der Waals surface area contributed by atoms with Crippen LogP contribution in [-0.2, 0) is 11.3 Å². The van der Waals surface area contributed by atoms with Crippen molar-refractivity contribution in [2.75, 3.05) is 0 Å². The fourth-order valence-corrected chi connectivity index (χ4v) is 2.35. The van der Waals surface area contributed by atoms with Crippen LogP contribution in [-0.4, -0.2) is 17.3 Å². The Morgan fingerprint density at radius 2 is 2.25 bits per heavy atom. The van der Waals surface area contributed by atoms with Gasteiger partial charge < -0.3 is 5.32 Å². The molecule has 0 aliphatic rings. The van der Waals surface area contributed by atoms with Crippen molar-refractivity contribution in [1.29, 1.82) is 0 Å². The van der Waals surface area contributed by atoms with E-state index in [0.717, 1.165) is 8.66 Å². The lowest BCUT2D eigenvalue weighted by Crippen LogP contribution is -2.41. The second-order valence-electron chi connectivity index (χ2n) is 2.99. The summed E-state index contributed by atoms with van der Waals surface area (Å²) in [5.74, 6) is -0.508. The number of imide groups is 1. The van der Waals surface area contributed by atoms with E-state index >= 15 is 0 Å². The lowest BCUT2D eigenvalue weighted by Gasteiger charge is -2.06. The summed E-state index contributed by atoms with van der Waals surface area (Å²) < 4.78 is 0.996. The van der Waals surface area contributed by atoms with Crippen molar-refractivity contribution in [2.24, 2.45) is 0 Å². The van der Waals surface area contributed by atoms with E-state index in [9.17, 15) is 9.59 Å². The number of carbonyl (C=O) groups excluding carboxylic acids is 2. The molecule has 7 heteroatoms. The molecule has 3 amide bonds. The molecule has 1 heterocycles. The third-order valence-corrected chi connectivity index (χ3v) is 3.47. The van der Waals surface area contributed by atoms with E-state index in [4.69, 9.17) is 11.6 Å². The van der Waals surface area contributed by atoms with Gasteiger partial charge in [0.1, 0.15) is 5.38 Å². The molecular formula is C9H10BrClN2O2S. The number of alkyl halides is 1. The molecule has 1 atom stereocenters. The van der Waals surface area contributed by atoms with Gasteiger partial charge in [0.25, 0.3) is 0 Å². The fraction of sp³-hybridized carbons (Fsp3) is 0.333.